The Morgan fingerprint density at radius 2 is 2.00 bits per heavy atom. The van der Waals surface area contributed by atoms with E-state index in [1.807, 2.05) is 10.6 Å². The zero-order valence-corrected chi connectivity index (χ0v) is 17.1. The van der Waals surface area contributed by atoms with Crippen molar-refractivity contribution in [1.29, 1.82) is 0 Å². The topological polar surface area (TPSA) is 89.9 Å². The van der Waals surface area contributed by atoms with Crippen LogP contribution in [0.15, 0.2) is 30.3 Å². The van der Waals surface area contributed by atoms with Gasteiger partial charge in [-0.25, -0.2) is 19.3 Å². The molecule has 2 aromatic heterocycles. The predicted molar refractivity (Wildman–Crippen MR) is 115 cm³/mol. The number of anilines is 1. The SMILES string of the molecule is CCCn1c(-c2cccc(F)c2)nc2c(N)nc(/C=C/C3(O)CCCC3)nc21.Cl. The van der Waals surface area contributed by atoms with Gasteiger partial charge in [-0.05, 0) is 43.5 Å². The normalized spacial score (nSPS) is 15.8. The molecule has 0 aliphatic heterocycles. The Labute approximate surface area is 175 Å². The lowest BCUT2D eigenvalue weighted by molar-refractivity contribution is 0.100. The highest BCUT2D eigenvalue weighted by atomic mass is 35.5. The van der Waals surface area contributed by atoms with Crippen molar-refractivity contribution < 1.29 is 9.50 Å². The Morgan fingerprint density at radius 3 is 2.69 bits per heavy atom. The van der Waals surface area contributed by atoms with Gasteiger partial charge in [-0.3, -0.25) is 0 Å². The van der Waals surface area contributed by atoms with Gasteiger partial charge in [0, 0.05) is 12.1 Å². The van der Waals surface area contributed by atoms with Crippen LogP contribution in [0.4, 0.5) is 10.2 Å². The minimum absolute atomic E-state index is 0. The molecule has 1 aliphatic rings. The Bertz CT molecular complexity index is 1040. The number of hydrogen-bond donors (Lipinski definition) is 2. The van der Waals surface area contributed by atoms with E-state index in [1.165, 1.54) is 12.1 Å². The van der Waals surface area contributed by atoms with Crippen LogP contribution in [0, 0.1) is 5.82 Å². The van der Waals surface area contributed by atoms with E-state index in [4.69, 9.17) is 5.73 Å². The van der Waals surface area contributed by atoms with E-state index in [-0.39, 0.29) is 24.0 Å². The van der Waals surface area contributed by atoms with Crippen LogP contribution >= 0.6 is 12.4 Å². The maximum atomic E-state index is 13.7. The molecule has 3 N–H and O–H groups in total. The lowest BCUT2D eigenvalue weighted by Gasteiger charge is -2.16. The summed E-state index contributed by atoms with van der Waals surface area (Å²) in [4.78, 5) is 13.6. The zero-order chi connectivity index (χ0) is 19.7. The van der Waals surface area contributed by atoms with Crippen LogP contribution in [-0.4, -0.2) is 30.2 Å². The van der Waals surface area contributed by atoms with Crippen LogP contribution in [-0.2, 0) is 6.54 Å². The Hall–Kier alpha value is -2.51. The summed E-state index contributed by atoms with van der Waals surface area (Å²) in [5, 5.41) is 10.5. The van der Waals surface area contributed by atoms with Crippen LogP contribution < -0.4 is 5.73 Å². The summed E-state index contributed by atoms with van der Waals surface area (Å²) >= 11 is 0. The van der Waals surface area contributed by atoms with Crippen molar-refractivity contribution >= 4 is 35.5 Å². The van der Waals surface area contributed by atoms with Crippen molar-refractivity contribution in [3.63, 3.8) is 0 Å². The monoisotopic (exact) mass is 417 g/mol. The summed E-state index contributed by atoms with van der Waals surface area (Å²) < 4.78 is 15.7. The molecule has 3 aromatic rings. The molecule has 29 heavy (non-hydrogen) atoms. The van der Waals surface area contributed by atoms with Crippen molar-refractivity contribution in [2.75, 3.05) is 5.73 Å². The van der Waals surface area contributed by atoms with E-state index < -0.39 is 5.60 Å². The molecule has 0 saturated heterocycles. The Kier molecular flexibility index (Phi) is 6.19. The van der Waals surface area contributed by atoms with Crippen molar-refractivity contribution in [1.82, 2.24) is 19.5 Å². The highest BCUT2D eigenvalue weighted by molar-refractivity contribution is 5.86. The van der Waals surface area contributed by atoms with Crippen molar-refractivity contribution in [2.24, 2.45) is 0 Å². The average Bonchev–Trinajstić information content (AvgIpc) is 3.26. The number of aliphatic hydroxyl groups is 1. The Morgan fingerprint density at radius 1 is 1.24 bits per heavy atom. The fraction of sp³-hybridized carbons (Fsp3) is 0.381. The summed E-state index contributed by atoms with van der Waals surface area (Å²) in [6.07, 6.45) is 7.90. The fourth-order valence-corrected chi connectivity index (χ4v) is 3.78. The first-order chi connectivity index (χ1) is 13.5. The first-order valence-corrected chi connectivity index (χ1v) is 9.70. The van der Waals surface area contributed by atoms with Gasteiger partial charge in [0.1, 0.15) is 11.6 Å². The molecule has 6 nitrogen and oxygen atoms in total. The molecule has 154 valence electrons. The van der Waals surface area contributed by atoms with E-state index in [2.05, 4.69) is 21.9 Å². The molecule has 0 unspecified atom stereocenters. The average molecular weight is 418 g/mol. The number of nitrogen functional groups attached to an aromatic ring is 1. The van der Waals surface area contributed by atoms with E-state index >= 15 is 0 Å². The Balaban J connectivity index is 0.00000240. The van der Waals surface area contributed by atoms with Gasteiger partial charge in [-0.1, -0.05) is 31.9 Å². The number of rotatable bonds is 5. The lowest BCUT2D eigenvalue weighted by Crippen LogP contribution is -2.19. The third-order valence-corrected chi connectivity index (χ3v) is 5.18. The molecule has 1 aliphatic carbocycles. The number of nitrogens with two attached hydrogens (primary N) is 1. The molecule has 0 radical (unpaired) electrons. The van der Waals surface area contributed by atoms with Crippen LogP contribution in [0.2, 0.25) is 0 Å². The van der Waals surface area contributed by atoms with Crippen LogP contribution in [0.1, 0.15) is 44.9 Å². The highest BCUT2D eigenvalue weighted by Crippen LogP contribution is 2.31. The number of fused-ring (bicyclic) bond motifs is 1. The fourth-order valence-electron chi connectivity index (χ4n) is 3.78. The lowest BCUT2D eigenvalue weighted by atomic mass is 10.0. The first kappa shape index (κ1) is 21.2. The molecular formula is C21H25ClFN5O. The number of nitrogens with zero attached hydrogens (tertiary/aromatic N) is 4. The number of hydrogen-bond acceptors (Lipinski definition) is 5. The predicted octanol–water partition coefficient (Wildman–Crippen LogP) is 4.36. The second-order valence-electron chi connectivity index (χ2n) is 7.38. The largest absolute Gasteiger partial charge is 0.386 e. The second-order valence-corrected chi connectivity index (χ2v) is 7.38. The number of benzene rings is 1. The smallest absolute Gasteiger partial charge is 0.166 e. The van der Waals surface area contributed by atoms with Crippen LogP contribution in [0.3, 0.4) is 0 Å². The molecule has 0 spiro atoms. The maximum absolute atomic E-state index is 13.7. The number of halogens is 2. The number of aryl methyl sites for hydroxylation is 1. The van der Waals surface area contributed by atoms with Gasteiger partial charge in [0.2, 0.25) is 0 Å². The van der Waals surface area contributed by atoms with Crippen molar-refractivity contribution in [3.8, 4) is 11.4 Å². The third kappa shape index (κ3) is 4.26. The molecule has 1 aromatic carbocycles. The van der Waals surface area contributed by atoms with E-state index in [9.17, 15) is 9.50 Å². The quantitative estimate of drug-likeness (QED) is 0.643. The maximum Gasteiger partial charge on any atom is 0.166 e. The van der Waals surface area contributed by atoms with Gasteiger partial charge in [0.15, 0.2) is 22.8 Å². The number of imidazole rings is 1. The van der Waals surface area contributed by atoms with E-state index in [0.29, 0.717) is 34.9 Å². The standard InChI is InChI=1S/C21H24FN5O.ClH/c1-2-12-27-19(14-6-5-7-15(22)13-14)26-17-18(23)24-16(25-20(17)27)8-11-21(28)9-3-4-10-21;/h5-8,11,13,28H,2-4,9-10,12H2,1H3,(H2,23,24,25);1H/b11-8+;. The summed E-state index contributed by atoms with van der Waals surface area (Å²) in [7, 11) is 0. The molecular weight excluding hydrogens is 393 g/mol. The van der Waals surface area contributed by atoms with Gasteiger partial charge in [0.25, 0.3) is 0 Å². The van der Waals surface area contributed by atoms with Crippen molar-refractivity contribution in [3.05, 3.63) is 42.0 Å². The molecule has 8 heteroatoms. The van der Waals surface area contributed by atoms with Crippen LogP contribution in [0.5, 0.6) is 0 Å². The summed E-state index contributed by atoms with van der Waals surface area (Å²) in [6.45, 7) is 2.73. The van der Waals surface area contributed by atoms with E-state index in [1.54, 1.807) is 18.2 Å². The van der Waals surface area contributed by atoms with Gasteiger partial charge in [-0.2, -0.15) is 0 Å². The molecule has 1 fully saturated rings. The van der Waals surface area contributed by atoms with Gasteiger partial charge >= 0.3 is 0 Å². The number of aromatic nitrogens is 4. The molecule has 2 heterocycles. The molecule has 0 bridgehead atoms. The molecule has 1 saturated carbocycles. The summed E-state index contributed by atoms with van der Waals surface area (Å²) in [5.41, 5.74) is 7.17. The minimum Gasteiger partial charge on any atom is -0.386 e. The minimum atomic E-state index is -0.788. The molecule has 0 amide bonds. The second kappa shape index (κ2) is 8.47. The molecule has 0 atom stereocenters. The van der Waals surface area contributed by atoms with Gasteiger partial charge in [-0.15, -0.1) is 12.4 Å². The summed E-state index contributed by atoms with van der Waals surface area (Å²) in [5.74, 6) is 1.01. The molecule has 4 rings (SSSR count). The van der Waals surface area contributed by atoms with Gasteiger partial charge in [0.05, 0.1) is 5.60 Å². The first-order valence-electron chi connectivity index (χ1n) is 9.70. The summed E-state index contributed by atoms with van der Waals surface area (Å²) in [6, 6.07) is 6.33. The zero-order valence-electron chi connectivity index (χ0n) is 16.3. The van der Waals surface area contributed by atoms with Crippen molar-refractivity contribution in [2.45, 2.75) is 51.2 Å². The van der Waals surface area contributed by atoms with E-state index in [0.717, 1.165) is 32.1 Å². The van der Waals surface area contributed by atoms with Gasteiger partial charge < -0.3 is 15.4 Å². The third-order valence-electron chi connectivity index (χ3n) is 5.18. The van der Waals surface area contributed by atoms with Crippen LogP contribution in [0.25, 0.3) is 28.6 Å². The highest BCUT2D eigenvalue weighted by Gasteiger charge is 2.28.